The normalized spacial score (nSPS) is 11.5. The molecule has 0 fully saturated rings. The summed E-state index contributed by atoms with van der Waals surface area (Å²) < 4.78 is 7.75. The topological polar surface area (TPSA) is 83.4 Å². The van der Waals surface area contributed by atoms with Gasteiger partial charge in [-0.1, -0.05) is 12.1 Å². The molecule has 0 aliphatic carbocycles. The average Bonchev–Trinajstić information content (AvgIpc) is 3.43. The Kier molecular flexibility index (Phi) is 4.97. The Bertz CT molecular complexity index is 1320. The summed E-state index contributed by atoms with van der Waals surface area (Å²) in [5.41, 5.74) is 4.49. The van der Waals surface area contributed by atoms with E-state index in [2.05, 4.69) is 31.5 Å². The summed E-state index contributed by atoms with van der Waals surface area (Å²) >= 11 is 0. The number of benzene rings is 2. The molecule has 0 amide bonds. The van der Waals surface area contributed by atoms with Crippen molar-refractivity contribution in [1.82, 2.24) is 29.5 Å². The number of nitrogens with zero attached hydrogens (tertiary/aromatic N) is 5. The Labute approximate surface area is 179 Å². The number of likely N-dealkylation sites (N-methyl/N-ethyl adjacent to an activating group) is 1. The van der Waals surface area contributed by atoms with E-state index in [-0.39, 0.29) is 0 Å². The lowest BCUT2D eigenvalue weighted by Crippen LogP contribution is -2.19. The average molecular weight is 413 g/mol. The highest BCUT2D eigenvalue weighted by molar-refractivity contribution is 5.83. The van der Waals surface area contributed by atoms with Gasteiger partial charge in [0.15, 0.2) is 11.5 Å². The molecule has 3 heterocycles. The van der Waals surface area contributed by atoms with Gasteiger partial charge in [0.2, 0.25) is 0 Å². The van der Waals surface area contributed by atoms with Crippen molar-refractivity contribution < 1.29 is 4.74 Å². The molecule has 31 heavy (non-hydrogen) atoms. The van der Waals surface area contributed by atoms with Crippen LogP contribution in [0.4, 0.5) is 11.5 Å². The number of H-pyrrole nitrogens is 1. The first-order valence-corrected chi connectivity index (χ1v) is 10.1. The van der Waals surface area contributed by atoms with Crippen LogP contribution in [-0.2, 0) is 0 Å². The van der Waals surface area contributed by atoms with E-state index in [1.165, 1.54) is 0 Å². The number of hydrogen-bond acceptors (Lipinski definition) is 6. The standard InChI is InChI=1S/C23H23N7O/c1-29(2)11-12-31-19-7-5-18(6-8-19)26-22-23-24-9-10-30(23)15-21(27-22)16-3-4-17-14-25-28-20(17)13-16/h3-10,13-15H,11-12H2,1-2H3,(H,25,28)(H,26,27). The van der Waals surface area contributed by atoms with E-state index >= 15 is 0 Å². The fourth-order valence-corrected chi connectivity index (χ4v) is 3.37. The summed E-state index contributed by atoms with van der Waals surface area (Å²) in [6.45, 7) is 1.53. The minimum atomic E-state index is 0.652. The van der Waals surface area contributed by atoms with Crippen LogP contribution >= 0.6 is 0 Å². The van der Waals surface area contributed by atoms with Gasteiger partial charge in [-0.2, -0.15) is 5.10 Å². The molecule has 0 radical (unpaired) electrons. The molecule has 5 aromatic rings. The van der Waals surface area contributed by atoms with Gasteiger partial charge in [-0.15, -0.1) is 0 Å². The van der Waals surface area contributed by atoms with E-state index in [1.807, 2.05) is 73.5 Å². The zero-order valence-electron chi connectivity index (χ0n) is 17.4. The molecule has 8 heteroatoms. The minimum Gasteiger partial charge on any atom is -0.492 e. The van der Waals surface area contributed by atoms with Gasteiger partial charge in [0.05, 0.1) is 17.4 Å². The molecule has 5 rings (SSSR count). The number of hydrogen-bond donors (Lipinski definition) is 2. The van der Waals surface area contributed by atoms with Crippen LogP contribution in [0.15, 0.2) is 67.3 Å². The van der Waals surface area contributed by atoms with Crippen molar-refractivity contribution in [2.75, 3.05) is 32.6 Å². The number of rotatable bonds is 7. The lowest BCUT2D eigenvalue weighted by Gasteiger charge is -2.12. The second kappa shape index (κ2) is 8.08. The smallest absolute Gasteiger partial charge is 0.180 e. The number of aromatic nitrogens is 5. The molecule has 0 saturated heterocycles. The molecule has 2 N–H and O–H groups in total. The maximum absolute atomic E-state index is 5.78. The predicted octanol–water partition coefficient (Wildman–Crippen LogP) is 3.96. The fraction of sp³-hybridized carbons (Fsp3) is 0.174. The monoisotopic (exact) mass is 413 g/mol. The number of aromatic amines is 1. The molecule has 3 aromatic heterocycles. The van der Waals surface area contributed by atoms with Crippen molar-refractivity contribution in [1.29, 1.82) is 0 Å². The van der Waals surface area contributed by atoms with Crippen LogP contribution in [0.1, 0.15) is 0 Å². The largest absolute Gasteiger partial charge is 0.492 e. The molecule has 0 unspecified atom stereocenters. The van der Waals surface area contributed by atoms with Gasteiger partial charge in [-0.05, 0) is 44.4 Å². The molecule has 156 valence electrons. The Balaban J connectivity index is 1.42. The van der Waals surface area contributed by atoms with Crippen LogP contribution in [-0.4, -0.2) is 56.7 Å². The van der Waals surface area contributed by atoms with Crippen molar-refractivity contribution in [3.63, 3.8) is 0 Å². The number of fused-ring (bicyclic) bond motifs is 2. The molecular formula is C23H23N7O. The van der Waals surface area contributed by atoms with Crippen LogP contribution in [0.3, 0.4) is 0 Å². The molecule has 0 aliphatic rings. The molecule has 0 spiro atoms. The second-order valence-corrected chi connectivity index (χ2v) is 7.61. The van der Waals surface area contributed by atoms with Crippen molar-refractivity contribution in [3.8, 4) is 17.0 Å². The van der Waals surface area contributed by atoms with Gasteiger partial charge < -0.3 is 19.4 Å². The minimum absolute atomic E-state index is 0.652. The van der Waals surface area contributed by atoms with Crippen LogP contribution in [0, 0.1) is 0 Å². The fourth-order valence-electron chi connectivity index (χ4n) is 3.37. The van der Waals surface area contributed by atoms with Crippen LogP contribution < -0.4 is 10.1 Å². The molecule has 0 bridgehead atoms. The predicted molar refractivity (Wildman–Crippen MR) is 122 cm³/mol. The van der Waals surface area contributed by atoms with Gasteiger partial charge in [0, 0.05) is 41.8 Å². The maximum atomic E-state index is 5.78. The third kappa shape index (κ3) is 4.06. The quantitative estimate of drug-likeness (QED) is 0.420. The van der Waals surface area contributed by atoms with E-state index in [4.69, 9.17) is 9.72 Å². The zero-order valence-corrected chi connectivity index (χ0v) is 17.4. The van der Waals surface area contributed by atoms with Crippen LogP contribution in [0.5, 0.6) is 5.75 Å². The maximum Gasteiger partial charge on any atom is 0.180 e. The number of imidazole rings is 1. The lowest BCUT2D eigenvalue weighted by molar-refractivity contribution is 0.261. The Morgan fingerprint density at radius 3 is 2.84 bits per heavy atom. The second-order valence-electron chi connectivity index (χ2n) is 7.61. The van der Waals surface area contributed by atoms with Gasteiger partial charge in [0.1, 0.15) is 12.4 Å². The third-order valence-corrected chi connectivity index (χ3v) is 5.04. The van der Waals surface area contributed by atoms with E-state index in [0.29, 0.717) is 12.4 Å². The van der Waals surface area contributed by atoms with E-state index in [0.717, 1.165) is 45.8 Å². The molecule has 0 atom stereocenters. The van der Waals surface area contributed by atoms with Crippen molar-refractivity contribution in [3.05, 3.63) is 67.3 Å². The molecule has 2 aromatic carbocycles. The first-order valence-electron chi connectivity index (χ1n) is 10.1. The van der Waals surface area contributed by atoms with Gasteiger partial charge in [0.25, 0.3) is 0 Å². The Hall–Kier alpha value is -3.91. The number of nitrogens with one attached hydrogen (secondary N) is 2. The van der Waals surface area contributed by atoms with Crippen LogP contribution in [0.2, 0.25) is 0 Å². The highest BCUT2D eigenvalue weighted by atomic mass is 16.5. The third-order valence-electron chi connectivity index (χ3n) is 5.04. The van der Waals surface area contributed by atoms with Crippen molar-refractivity contribution >= 4 is 28.1 Å². The van der Waals surface area contributed by atoms with E-state index in [1.54, 1.807) is 6.20 Å². The van der Waals surface area contributed by atoms with Crippen LogP contribution in [0.25, 0.3) is 27.8 Å². The van der Waals surface area contributed by atoms with Gasteiger partial charge in [-0.3, -0.25) is 5.10 Å². The highest BCUT2D eigenvalue weighted by Gasteiger charge is 2.11. The SMILES string of the molecule is CN(C)CCOc1ccc(Nc2nc(-c3ccc4cn[nH]c4c3)cn3ccnc23)cc1. The van der Waals surface area contributed by atoms with Gasteiger partial charge in [-0.25, -0.2) is 9.97 Å². The van der Waals surface area contributed by atoms with E-state index < -0.39 is 0 Å². The summed E-state index contributed by atoms with van der Waals surface area (Å²) in [4.78, 5) is 11.4. The number of anilines is 2. The highest BCUT2D eigenvalue weighted by Crippen LogP contribution is 2.27. The molecule has 0 saturated carbocycles. The summed E-state index contributed by atoms with van der Waals surface area (Å²) in [7, 11) is 4.06. The summed E-state index contributed by atoms with van der Waals surface area (Å²) in [5.74, 6) is 1.53. The molecule has 0 aliphatic heterocycles. The Morgan fingerprint density at radius 1 is 1.13 bits per heavy atom. The summed E-state index contributed by atoms with van der Waals surface area (Å²) in [5, 5.41) is 11.6. The van der Waals surface area contributed by atoms with Gasteiger partial charge >= 0.3 is 0 Å². The molecule has 8 nitrogen and oxygen atoms in total. The summed E-state index contributed by atoms with van der Waals surface area (Å²) in [6, 6.07) is 14.0. The Morgan fingerprint density at radius 2 is 2.00 bits per heavy atom. The zero-order chi connectivity index (χ0) is 21.2. The number of ether oxygens (including phenoxy) is 1. The van der Waals surface area contributed by atoms with E-state index in [9.17, 15) is 0 Å². The molecular weight excluding hydrogens is 390 g/mol. The first-order chi connectivity index (χ1) is 15.2. The lowest BCUT2D eigenvalue weighted by atomic mass is 10.1. The van der Waals surface area contributed by atoms with Crippen molar-refractivity contribution in [2.45, 2.75) is 0 Å². The summed E-state index contributed by atoms with van der Waals surface area (Å²) in [6.07, 6.45) is 7.48. The first kappa shape index (κ1) is 19.1. The van der Waals surface area contributed by atoms with Crippen molar-refractivity contribution in [2.24, 2.45) is 0 Å².